The minimum atomic E-state index is -3.37. The predicted molar refractivity (Wildman–Crippen MR) is 84.5 cm³/mol. The molecule has 0 radical (unpaired) electrons. The van der Waals surface area contributed by atoms with E-state index in [0.29, 0.717) is 23.4 Å². The van der Waals surface area contributed by atoms with Gasteiger partial charge in [0.1, 0.15) is 4.90 Å². The summed E-state index contributed by atoms with van der Waals surface area (Å²) in [7, 11) is 0.185. The summed E-state index contributed by atoms with van der Waals surface area (Å²) in [6.45, 7) is 5.49. The van der Waals surface area contributed by atoms with Gasteiger partial charge >= 0.3 is 0 Å². The molecule has 120 valence electrons. The first-order chi connectivity index (χ1) is 9.80. The molecule has 0 unspecified atom stereocenters. The fourth-order valence-electron chi connectivity index (χ4n) is 2.17. The van der Waals surface area contributed by atoms with Crippen LogP contribution in [0.2, 0.25) is 0 Å². The standard InChI is InChI=1S/C15H27N3O2S/c1-12(2)7-8-18(4)21(19,20)15-9-14(17(3)11-15)10-16-13-5-6-13/h9,11-13,16H,5-8,10H2,1-4H3. The lowest BCUT2D eigenvalue weighted by Crippen LogP contribution is -2.28. The Morgan fingerprint density at radius 1 is 1.43 bits per heavy atom. The highest BCUT2D eigenvalue weighted by Crippen LogP contribution is 2.21. The Hall–Kier alpha value is -0.850. The van der Waals surface area contributed by atoms with Crippen LogP contribution in [-0.2, 0) is 23.6 Å². The van der Waals surface area contributed by atoms with Crippen molar-refractivity contribution in [2.75, 3.05) is 13.6 Å². The Labute approximate surface area is 128 Å². The third-order valence-corrected chi connectivity index (χ3v) is 5.78. The smallest absolute Gasteiger partial charge is 0.244 e. The summed E-state index contributed by atoms with van der Waals surface area (Å²) >= 11 is 0. The lowest BCUT2D eigenvalue weighted by Gasteiger charge is -2.17. The summed E-state index contributed by atoms with van der Waals surface area (Å²) in [6.07, 6.45) is 5.05. The quantitative estimate of drug-likeness (QED) is 0.798. The molecule has 1 N–H and O–H groups in total. The van der Waals surface area contributed by atoms with Crippen molar-refractivity contribution in [2.24, 2.45) is 13.0 Å². The molecule has 6 heteroatoms. The summed E-state index contributed by atoms with van der Waals surface area (Å²) in [5.41, 5.74) is 1.01. The number of hydrogen-bond donors (Lipinski definition) is 1. The first kappa shape index (κ1) is 16.5. The SMILES string of the molecule is CC(C)CCN(C)S(=O)(=O)c1cc(CNC2CC2)n(C)c1. The van der Waals surface area contributed by atoms with Crippen molar-refractivity contribution in [2.45, 2.75) is 50.6 Å². The van der Waals surface area contributed by atoms with Gasteiger partial charge < -0.3 is 9.88 Å². The zero-order valence-electron chi connectivity index (χ0n) is 13.5. The van der Waals surface area contributed by atoms with Gasteiger partial charge in [0.15, 0.2) is 0 Å². The molecule has 0 amide bonds. The molecule has 1 fully saturated rings. The van der Waals surface area contributed by atoms with Crippen molar-refractivity contribution in [3.05, 3.63) is 18.0 Å². The van der Waals surface area contributed by atoms with Crippen LogP contribution in [0, 0.1) is 5.92 Å². The largest absolute Gasteiger partial charge is 0.352 e. The van der Waals surface area contributed by atoms with Crippen LogP contribution in [0.5, 0.6) is 0 Å². The highest BCUT2D eigenvalue weighted by molar-refractivity contribution is 7.89. The van der Waals surface area contributed by atoms with Crippen molar-refractivity contribution >= 4 is 10.0 Å². The van der Waals surface area contributed by atoms with E-state index in [2.05, 4.69) is 19.2 Å². The molecule has 1 aliphatic rings. The van der Waals surface area contributed by atoms with Crippen molar-refractivity contribution in [1.82, 2.24) is 14.2 Å². The monoisotopic (exact) mass is 313 g/mol. The van der Waals surface area contributed by atoms with Gasteiger partial charge in [0.05, 0.1) is 0 Å². The van der Waals surface area contributed by atoms with E-state index in [-0.39, 0.29) is 0 Å². The van der Waals surface area contributed by atoms with E-state index in [9.17, 15) is 8.42 Å². The average molecular weight is 313 g/mol. The van der Waals surface area contributed by atoms with Crippen molar-refractivity contribution in [3.8, 4) is 0 Å². The van der Waals surface area contributed by atoms with Crippen LogP contribution in [0.15, 0.2) is 17.2 Å². The second-order valence-corrected chi connectivity index (χ2v) is 8.49. The van der Waals surface area contributed by atoms with Crippen LogP contribution in [0.4, 0.5) is 0 Å². The zero-order chi connectivity index (χ0) is 15.6. The van der Waals surface area contributed by atoms with Gasteiger partial charge in [-0.1, -0.05) is 13.8 Å². The van der Waals surface area contributed by atoms with E-state index in [1.807, 2.05) is 11.6 Å². The summed E-state index contributed by atoms with van der Waals surface area (Å²) in [4.78, 5) is 0.392. The molecule has 1 saturated carbocycles. The van der Waals surface area contributed by atoms with Crippen molar-refractivity contribution in [1.29, 1.82) is 0 Å². The molecule has 1 aromatic heterocycles. The molecule has 1 aliphatic carbocycles. The maximum absolute atomic E-state index is 12.6. The Kier molecular flexibility index (Phi) is 5.11. The molecule has 0 bridgehead atoms. The van der Waals surface area contributed by atoms with E-state index < -0.39 is 10.0 Å². The number of nitrogens with one attached hydrogen (secondary N) is 1. The Morgan fingerprint density at radius 3 is 2.67 bits per heavy atom. The molecule has 2 rings (SSSR count). The van der Waals surface area contributed by atoms with E-state index in [1.165, 1.54) is 17.1 Å². The van der Waals surface area contributed by atoms with Crippen molar-refractivity contribution < 1.29 is 8.42 Å². The summed E-state index contributed by atoms with van der Waals surface area (Å²) in [5, 5.41) is 3.42. The molecule has 0 saturated heterocycles. The maximum atomic E-state index is 12.6. The van der Waals surface area contributed by atoms with E-state index in [4.69, 9.17) is 0 Å². The van der Waals surface area contributed by atoms with Crippen LogP contribution in [0.3, 0.4) is 0 Å². The van der Waals surface area contributed by atoms with Gasteiger partial charge in [0.2, 0.25) is 10.0 Å². The summed E-state index contributed by atoms with van der Waals surface area (Å²) < 4.78 is 28.5. The van der Waals surface area contributed by atoms with Crippen LogP contribution >= 0.6 is 0 Å². The van der Waals surface area contributed by atoms with E-state index in [1.54, 1.807) is 19.3 Å². The highest BCUT2D eigenvalue weighted by Gasteiger charge is 2.24. The van der Waals surface area contributed by atoms with Gasteiger partial charge in [-0.15, -0.1) is 0 Å². The molecule has 1 aromatic rings. The molecular formula is C15H27N3O2S. The van der Waals surface area contributed by atoms with Gasteiger partial charge in [-0.3, -0.25) is 0 Å². The van der Waals surface area contributed by atoms with Crippen LogP contribution < -0.4 is 5.32 Å². The lowest BCUT2D eigenvalue weighted by atomic mass is 10.1. The normalized spacial score (nSPS) is 16.1. The Bertz CT molecular complexity index is 574. The van der Waals surface area contributed by atoms with Crippen LogP contribution in [0.1, 0.15) is 38.8 Å². The molecule has 0 atom stereocenters. The van der Waals surface area contributed by atoms with Crippen LogP contribution in [0.25, 0.3) is 0 Å². The average Bonchev–Trinajstić information content (AvgIpc) is 3.16. The second-order valence-electron chi connectivity index (χ2n) is 6.44. The molecule has 1 heterocycles. The molecule has 21 heavy (non-hydrogen) atoms. The van der Waals surface area contributed by atoms with Crippen LogP contribution in [-0.4, -0.2) is 36.9 Å². The number of sulfonamides is 1. The number of rotatable bonds is 8. The zero-order valence-corrected chi connectivity index (χ0v) is 14.3. The first-order valence-corrected chi connectivity index (χ1v) is 9.09. The fraction of sp³-hybridized carbons (Fsp3) is 0.733. The Morgan fingerprint density at radius 2 is 2.10 bits per heavy atom. The highest BCUT2D eigenvalue weighted by atomic mass is 32.2. The molecular weight excluding hydrogens is 286 g/mol. The van der Waals surface area contributed by atoms with E-state index in [0.717, 1.165) is 18.7 Å². The first-order valence-electron chi connectivity index (χ1n) is 7.65. The Balaban J connectivity index is 2.06. The number of hydrogen-bond acceptors (Lipinski definition) is 3. The topological polar surface area (TPSA) is 54.3 Å². The molecule has 0 aliphatic heterocycles. The molecule has 0 aromatic carbocycles. The number of aromatic nitrogens is 1. The van der Waals surface area contributed by atoms with Gasteiger partial charge in [0.25, 0.3) is 0 Å². The predicted octanol–water partition coefficient (Wildman–Crippen LogP) is 1.94. The van der Waals surface area contributed by atoms with Gasteiger partial charge in [-0.25, -0.2) is 12.7 Å². The lowest BCUT2D eigenvalue weighted by molar-refractivity contribution is 0.428. The van der Waals surface area contributed by atoms with Gasteiger partial charge in [-0.05, 0) is 31.2 Å². The number of aryl methyl sites for hydroxylation is 1. The number of nitrogens with zero attached hydrogens (tertiary/aromatic N) is 2. The summed E-state index contributed by atoms with van der Waals surface area (Å²) in [5.74, 6) is 0.497. The minimum absolute atomic E-state index is 0.392. The van der Waals surface area contributed by atoms with Gasteiger partial charge in [-0.2, -0.15) is 0 Å². The summed E-state index contributed by atoms with van der Waals surface area (Å²) in [6, 6.07) is 2.41. The minimum Gasteiger partial charge on any atom is -0.352 e. The van der Waals surface area contributed by atoms with Crippen molar-refractivity contribution in [3.63, 3.8) is 0 Å². The van der Waals surface area contributed by atoms with E-state index >= 15 is 0 Å². The molecule has 0 spiro atoms. The fourth-order valence-corrected chi connectivity index (χ4v) is 3.45. The maximum Gasteiger partial charge on any atom is 0.244 e. The second kappa shape index (κ2) is 6.50. The third kappa shape index (κ3) is 4.31. The van der Waals surface area contributed by atoms with Gasteiger partial charge in [0, 0.05) is 45.1 Å². The molecule has 5 nitrogen and oxygen atoms in total. The third-order valence-electron chi connectivity index (χ3n) is 3.96.